The second kappa shape index (κ2) is 6.07. The Balaban J connectivity index is 2.37. The summed E-state index contributed by atoms with van der Waals surface area (Å²) in [6.45, 7) is 6.90. The van der Waals surface area contributed by atoms with Crippen molar-refractivity contribution in [1.82, 2.24) is 15.3 Å². The zero-order valence-corrected chi connectivity index (χ0v) is 12.5. The summed E-state index contributed by atoms with van der Waals surface area (Å²) in [6, 6.07) is 1.14. The van der Waals surface area contributed by atoms with E-state index in [2.05, 4.69) is 15.3 Å². The maximum Gasteiger partial charge on any atom is 0.305 e. The van der Waals surface area contributed by atoms with Crippen molar-refractivity contribution in [2.24, 2.45) is 0 Å². The number of carbonyl (C=O) groups is 2. The largest absolute Gasteiger partial charge is 0.481 e. The van der Waals surface area contributed by atoms with Gasteiger partial charge in [-0.3, -0.25) is 9.59 Å². The van der Waals surface area contributed by atoms with E-state index in [0.717, 1.165) is 11.4 Å². The molecule has 2 heterocycles. The summed E-state index contributed by atoms with van der Waals surface area (Å²) in [7, 11) is 0. The van der Waals surface area contributed by atoms with E-state index in [1.165, 1.54) is 0 Å². The molecule has 0 aromatic carbocycles. The fraction of sp³-hybridized carbons (Fsp3) is 0.571. The van der Waals surface area contributed by atoms with E-state index >= 15 is 0 Å². The Morgan fingerprint density at radius 2 is 2.24 bits per heavy atom. The van der Waals surface area contributed by atoms with Crippen LogP contribution < -0.4 is 10.2 Å². The zero-order valence-electron chi connectivity index (χ0n) is 12.5. The first-order valence-electron chi connectivity index (χ1n) is 7.00. The van der Waals surface area contributed by atoms with Crippen molar-refractivity contribution in [3.8, 4) is 0 Å². The molecule has 0 radical (unpaired) electrons. The third-order valence-corrected chi connectivity index (χ3v) is 3.41. The fourth-order valence-electron chi connectivity index (χ4n) is 2.32. The molecule has 1 saturated heterocycles. The lowest BCUT2D eigenvalue weighted by atomic mass is 10.1. The average Bonchev–Trinajstić information content (AvgIpc) is 2.39. The second-order valence-electron chi connectivity index (χ2n) is 5.49. The molecule has 1 aliphatic heterocycles. The smallest absolute Gasteiger partial charge is 0.305 e. The number of aryl methyl sites for hydroxylation is 1. The molecule has 2 N–H and O–H groups in total. The molecule has 1 aromatic heterocycles. The lowest BCUT2D eigenvalue weighted by molar-refractivity contribution is -0.139. The minimum atomic E-state index is -1.02. The Kier molecular flexibility index (Phi) is 4.40. The normalized spacial score (nSPS) is 18.8. The van der Waals surface area contributed by atoms with Crippen molar-refractivity contribution < 1.29 is 14.7 Å². The fourth-order valence-corrected chi connectivity index (χ4v) is 2.32. The number of amides is 1. The molecule has 114 valence electrons. The lowest BCUT2D eigenvalue weighted by Gasteiger charge is -2.34. The van der Waals surface area contributed by atoms with Crippen molar-refractivity contribution in [2.75, 3.05) is 18.0 Å². The molecule has 1 amide bonds. The number of nitrogens with one attached hydrogen (secondary N) is 1. The van der Waals surface area contributed by atoms with Crippen LogP contribution in [0.5, 0.6) is 0 Å². The predicted molar refractivity (Wildman–Crippen MR) is 77.3 cm³/mol. The van der Waals surface area contributed by atoms with Crippen LogP contribution in [0.4, 0.5) is 5.95 Å². The van der Waals surface area contributed by atoms with Gasteiger partial charge in [-0.1, -0.05) is 13.8 Å². The van der Waals surface area contributed by atoms with E-state index in [1.54, 1.807) is 4.90 Å². The number of carboxylic acid groups (broad SMARTS) is 1. The number of rotatable bonds is 4. The van der Waals surface area contributed by atoms with Crippen LogP contribution in [0, 0.1) is 6.92 Å². The number of hydrogen-bond donors (Lipinski definition) is 2. The van der Waals surface area contributed by atoms with E-state index < -0.39 is 12.0 Å². The lowest BCUT2D eigenvalue weighted by Crippen LogP contribution is -2.56. The maximum atomic E-state index is 11.9. The highest BCUT2D eigenvalue weighted by atomic mass is 16.4. The van der Waals surface area contributed by atoms with E-state index in [-0.39, 0.29) is 18.2 Å². The number of hydrogen-bond acceptors (Lipinski definition) is 5. The van der Waals surface area contributed by atoms with E-state index in [1.807, 2.05) is 26.8 Å². The third-order valence-electron chi connectivity index (χ3n) is 3.41. The average molecular weight is 292 g/mol. The highest BCUT2D eigenvalue weighted by Gasteiger charge is 2.33. The highest BCUT2D eigenvalue weighted by Crippen LogP contribution is 2.20. The molecule has 2 rings (SSSR count). The van der Waals surface area contributed by atoms with Crippen LogP contribution >= 0.6 is 0 Å². The summed E-state index contributed by atoms with van der Waals surface area (Å²) in [5.41, 5.74) is 1.70. The summed E-state index contributed by atoms with van der Waals surface area (Å²) in [4.78, 5) is 33.5. The molecule has 0 spiro atoms. The molecule has 0 aliphatic carbocycles. The number of carbonyl (C=O) groups excluding carboxylic acids is 1. The molecule has 1 aliphatic rings. The van der Waals surface area contributed by atoms with E-state index in [9.17, 15) is 9.59 Å². The Bertz CT molecular complexity index is 559. The van der Waals surface area contributed by atoms with Crippen LogP contribution in [-0.2, 0) is 9.59 Å². The molecule has 7 nitrogen and oxygen atoms in total. The van der Waals surface area contributed by atoms with Gasteiger partial charge in [-0.15, -0.1) is 0 Å². The Morgan fingerprint density at radius 3 is 2.86 bits per heavy atom. The van der Waals surface area contributed by atoms with Crippen LogP contribution in [-0.4, -0.2) is 46.1 Å². The first kappa shape index (κ1) is 15.2. The van der Waals surface area contributed by atoms with Gasteiger partial charge in [0.25, 0.3) is 0 Å². The molecular weight excluding hydrogens is 272 g/mol. The van der Waals surface area contributed by atoms with Gasteiger partial charge in [-0.25, -0.2) is 9.97 Å². The Labute approximate surface area is 123 Å². The number of anilines is 1. The molecular formula is C14H20N4O3. The van der Waals surface area contributed by atoms with E-state index in [0.29, 0.717) is 19.0 Å². The molecule has 7 heteroatoms. The Morgan fingerprint density at radius 1 is 1.52 bits per heavy atom. The SMILES string of the molecule is Cc1cc(C(C)C)nc(N2CCNC(=O)C2CC(=O)O)n1. The van der Waals surface area contributed by atoms with Crippen molar-refractivity contribution >= 4 is 17.8 Å². The van der Waals surface area contributed by atoms with Crippen LogP contribution in [0.2, 0.25) is 0 Å². The van der Waals surface area contributed by atoms with Crippen LogP contribution in [0.3, 0.4) is 0 Å². The molecule has 1 fully saturated rings. The van der Waals surface area contributed by atoms with Crippen molar-refractivity contribution in [1.29, 1.82) is 0 Å². The van der Waals surface area contributed by atoms with Crippen LogP contribution in [0.25, 0.3) is 0 Å². The monoisotopic (exact) mass is 292 g/mol. The molecule has 0 bridgehead atoms. The zero-order chi connectivity index (χ0) is 15.6. The van der Waals surface area contributed by atoms with Crippen LogP contribution in [0.1, 0.15) is 37.6 Å². The number of piperazine rings is 1. The van der Waals surface area contributed by atoms with Gasteiger partial charge in [0.2, 0.25) is 11.9 Å². The molecule has 0 saturated carbocycles. The predicted octanol–water partition coefficient (Wildman–Crippen LogP) is 0.688. The van der Waals surface area contributed by atoms with Crippen molar-refractivity contribution in [3.05, 3.63) is 17.5 Å². The number of nitrogens with zero attached hydrogens (tertiary/aromatic N) is 3. The number of carboxylic acids is 1. The molecule has 1 atom stereocenters. The minimum Gasteiger partial charge on any atom is -0.481 e. The first-order valence-corrected chi connectivity index (χ1v) is 7.00. The summed E-state index contributed by atoms with van der Waals surface area (Å²) in [6.07, 6.45) is -0.264. The highest BCUT2D eigenvalue weighted by molar-refractivity contribution is 5.89. The van der Waals surface area contributed by atoms with Crippen molar-refractivity contribution in [2.45, 2.75) is 39.2 Å². The Hall–Kier alpha value is -2.18. The first-order chi connectivity index (χ1) is 9.88. The summed E-state index contributed by atoms with van der Waals surface area (Å²) in [5.74, 6) is -0.638. The molecule has 1 aromatic rings. The van der Waals surface area contributed by atoms with E-state index in [4.69, 9.17) is 5.11 Å². The molecule has 21 heavy (non-hydrogen) atoms. The maximum absolute atomic E-state index is 11.9. The minimum absolute atomic E-state index is 0.238. The van der Waals surface area contributed by atoms with Gasteiger partial charge in [-0.05, 0) is 18.9 Å². The van der Waals surface area contributed by atoms with Gasteiger partial charge in [0.1, 0.15) is 6.04 Å². The van der Waals surface area contributed by atoms with Gasteiger partial charge in [0, 0.05) is 24.5 Å². The number of aliphatic carboxylic acids is 1. The van der Waals surface area contributed by atoms with Gasteiger partial charge < -0.3 is 15.3 Å². The summed E-state index contributed by atoms with van der Waals surface area (Å²) < 4.78 is 0. The number of aromatic nitrogens is 2. The van der Waals surface area contributed by atoms with Gasteiger partial charge >= 0.3 is 5.97 Å². The molecule has 1 unspecified atom stereocenters. The second-order valence-corrected chi connectivity index (χ2v) is 5.49. The standard InChI is InChI=1S/C14H20N4O3/c1-8(2)10-6-9(3)16-14(17-10)18-5-4-15-13(21)11(18)7-12(19)20/h6,8,11H,4-5,7H2,1-3H3,(H,15,21)(H,19,20). The summed E-state index contributed by atoms with van der Waals surface area (Å²) in [5, 5.41) is 11.7. The van der Waals surface area contributed by atoms with Crippen molar-refractivity contribution in [3.63, 3.8) is 0 Å². The van der Waals surface area contributed by atoms with Gasteiger partial charge in [0.15, 0.2) is 0 Å². The third kappa shape index (κ3) is 3.48. The topological polar surface area (TPSA) is 95.4 Å². The van der Waals surface area contributed by atoms with Gasteiger partial charge in [0.05, 0.1) is 6.42 Å². The van der Waals surface area contributed by atoms with Crippen LogP contribution in [0.15, 0.2) is 6.07 Å². The van der Waals surface area contributed by atoms with Gasteiger partial charge in [-0.2, -0.15) is 0 Å². The summed E-state index contributed by atoms with van der Waals surface area (Å²) >= 11 is 0. The quantitative estimate of drug-likeness (QED) is 0.847.